The molecule has 0 radical (unpaired) electrons. The van der Waals surface area contributed by atoms with Crippen LogP contribution >= 0.6 is 0 Å². The Morgan fingerprint density at radius 2 is 1.10 bits per heavy atom. The average molecular weight is 782 g/mol. The predicted molar refractivity (Wildman–Crippen MR) is 253 cm³/mol. The lowest BCUT2D eigenvalue weighted by molar-refractivity contribution is 0.615. The molecule has 0 saturated heterocycles. The zero-order valence-electron chi connectivity index (χ0n) is 33.4. The molecule has 61 heavy (non-hydrogen) atoms. The molecular formula is C58H39NO2. The Labute approximate surface area is 352 Å². The van der Waals surface area contributed by atoms with Crippen molar-refractivity contribution in [2.75, 3.05) is 0 Å². The van der Waals surface area contributed by atoms with Gasteiger partial charge in [-0.05, 0) is 106 Å². The Morgan fingerprint density at radius 3 is 1.93 bits per heavy atom. The van der Waals surface area contributed by atoms with Gasteiger partial charge in [-0.25, -0.2) is 0 Å². The summed E-state index contributed by atoms with van der Waals surface area (Å²) in [5, 5.41) is 7.18. The van der Waals surface area contributed by atoms with Crippen LogP contribution in [0.2, 0.25) is 0 Å². The van der Waals surface area contributed by atoms with Crippen LogP contribution in [0.15, 0.2) is 203 Å². The van der Waals surface area contributed by atoms with Gasteiger partial charge in [-0.3, -0.25) is 0 Å². The first-order chi connectivity index (χ1) is 30.3. The van der Waals surface area contributed by atoms with Crippen LogP contribution in [0.1, 0.15) is 29.0 Å². The van der Waals surface area contributed by atoms with E-state index in [0.29, 0.717) is 0 Å². The molecule has 0 N–H and O–H groups in total. The Morgan fingerprint density at radius 1 is 0.459 bits per heavy atom. The Balaban J connectivity index is 1.10. The zero-order valence-corrected chi connectivity index (χ0v) is 33.4. The Hall–Kier alpha value is -7.62. The molecule has 9 aromatic carbocycles. The van der Waals surface area contributed by atoms with Crippen LogP contribution in [0.5, 0.6) is 0 Å². The van der Waals surface area contributed by atoms with Crippen molar-refractivity contribution in [2.45, 2.75) is 25.2 Å². The number of para-hydroxylation sites is 5. The fourth-order valence-electron chi connectivity index (χ4n) is 10.6. The summed E-state index contributed by atoms with van der Waals surface area (Å²) in [4.78, 5) is 0. The van der Waals surface area contributed by atoms with Crippen molar-refractivity contribution in [2.24, 2.45) is 0 Å². The van der Waals surface area contributed by atoms with Crippen LogP contribution in [0.25, 0.3) is 105 Å². The topological polar surface area (TPSA) is 31.2 Å². The first-order valence-corrected chi connectivity index (χ1v) is 21.4. The second-order valence-corrected chi connectivity index (χ2v) is 16.6. The molecule has 3 heterocycles. The molecule has 0 fully saturated rings. The largest absolute Gasteiger partial charge is 0.456 e. The van der Waals surface area contributed by atoms with E-state index in [9.17, 15) is 0 Å². The highest BCUT2D eigenvalue weighted by Crippen LogP contribution is 2.51. The van der Waals surface area contributed by atoms with Crippen LogP contribution in [-0.4, -0.2) is 4.57 Å². The first kappa shape index (κ1) is 34.3. The van der Waals surface area contributed by atoms with E-state index in [-0.39, 0.29) is 5.92 Å². The van der Waals surface area contributed by atoms with E-state index in [0.717, 1.165) is 63.6 Å². The Kier molecular flexibility index (Phi) is 7.56. The number of furan rings is 2. The monoisotopic (exact) mass is 781 g/mol. The summed E-state index contributed by atoms with van der Waals surface area (Å²) in [6.45, 7) is 0. The van der Waals surface area contributed by atoms with Crippen LogP contribution in [0.3, 0.4) is 0 Å². The van der Waals surface area contributed by atoms with Crippen molar-refractivity contribution in [3.05, 3.63) is 211 Å². The molecule has 1 unspecified atom stereocenters. The number of aromatic nitrogens is 1. The minimum Gasteiger partial charge on any atom is -0.456 e. The molecular weight excluding hydrogens is 743 g/mol. The standard InChI is InChI=1S/C58H39NO2/c1-2-14-36(15-3-1)38-17-10-19-41(35-38)59-50-27-7-4-22-49(50)55-51(59)33-32-42-39(34-40-18-12-24-46-43-20-5-8-28-52(43)60-57(40)46)31-30-37-16-11-23-45(54(37)56(42)55)48-26-13-25-47-44-21-6-9-29-53(44)61-58(47)48/h1-29,32-33,35,39H,30-31,34H2. The van der Waals surface area contributed by atoms with E-state index in [1.165, 1.54) is 77.1 Å². The number of rotatable bonds is 5. The number of aryl methyl sites for hydroxylation is 1. The normalized spacial score (nSPS) is 14.0. The maximum atomic E-state index is 6.77. The lowest BCUT2D eigenvalue weighted by Crippen LogP contribution is -2.05. The third kappa shape index (κ3) is 5.23. The number of benzene rings is 9. The van der Waals surface area contributed by atoms with E-state index in [1.807, 2.05) is 0 Å². The van der Waals surface area contributed by atoms with E-state index >= 15 is 0 Å². The molecule has 288 valence electrons. The third-order valence-corrected chi connectivity index (χ3v) is 13.3. The van der Waals surface area contributed by atoms with E-state index in [1.54, 1.807) is 0 Å². The van der Waals surface area contributed by atoms with Gasteiger partial charge >= 0.3 is 0 Å². The van der Waals surface area contributed by atoms with Gasteiger partial charge in [0.25, 0.3) is 0 Å². The average Bonchev–Trinajstić information content (AvgIpc) is 3.97. The maximum Gasteiger partial charge on any atom is 0.143 e. The van der Waals surface area contributed by atoms with Gasteiger partial charge in [0, 0.05) is 43.6 Å². The van der Waals surface area contributed by atoms with Gasteiger partial charge in [0.05, 0.1) is 11.0 Å². The SMILES string of the molecule is c1ccc(-c2cccc(-n3c4ccccc4c4c5c(ccc43)C(Cc3cccc4c3oc3ccccc34)CCc3cccc(-c4cccc6c4oc4ccccc46)c3-5)c2)cc1. The van der Waals surface area contributed by atoms with Crippen LogP contribution in [0.4, 0.5) is 0 Å². The van der Waals surface area contributed by atoms with Gasteiger partial charge in [-0.2, -0.15) is 0 Å². The van der Waals surface area contributed by atoms with Gasteiger partial charge in [-0.1, -0.05) is 158 Å². The van der Waals surface area contributed by atoms with Gasteiger partial charge in [0.15, 0.2) is 0 Å². The highest BCUT2D eigenvalue weighted by atomic mass is 16.3. The number of nitrogens with zero attached hydrogens (tertiary/aromatic N) is 1. The summed E-state index contributed by atoms with van der Waals surface area (Å²) in [7, 11) is 0. The number of hydrogen-bond acceptors (Lipinski definition) is 2. The molecule has 3 nitrogen and oxygen atoms in total. The van der Waals surface area contributed by atoms with E-state index in [4.69, 9.17) is 8.83 Å². The number of fused-ring (bicyclic) bond motifs is 13. The molecule has 0 spiro atoms. The molecule has 0 aliphatic heterocycles. The molecule has 12 aromatic rings. The summed E-state index contributed by atoms with van der Waals surface area (Å²) in [5.41, 5.74) is 18.7. The van der Waals surface area contributed by atoms with Crippen molar-refractivity contribution < 1.29 is 8.83 Å². The number of hydrogen-bond donors (Lipinski definition) is 0. The van der Waals surface area contributed by atoms with E-state index in [2.05, 4.69) is 199 Å². The van der Waals surface area contributed by atoms with Crippen molar-refractivity contribution in [3.63, 3.8) is 0 Å². The van der Waals surface area contributed by atoms with Gasteiger partial charge in [-0.15, -0.1) is 0 Å². The summed E-state index contributed by atoms with van der Waals surface area (Å²) < 4.78 is 15.9. The smallest absolute Gasteiger partial charge is 0.143 e. The second-order valence-electron chi connectivity index (χ2n) is 16.6. The molecule has 0 amide bonds. The minimum atomic E-state index is 0.240. The minimum absolute atomic E-state index is 0.240. The van der Waals surface area contributed by atoms with Crippen molar-refractivity contribution in [1.82, 2.24) is 4.57 Å². The molecule has 3 aromatic heterocycles. The molecule has 0 saturated carbocycles. The van der Waals surface area contributed by atoms with Crippen LogP contribution in [0, 0.1) is 0 Å². The maximum absolute atomic E-state index is 6.77. The molecule has 3 heteroatoms. The highest BCUT2D eigenvalue weighted by Gasteiger charge is 2.30. The van der Waals surface area contributed by atoms with Gasteiger partial charge in [0.2, 0.25) is 0 Å². The van der Waals surface area contributed by atoms with Crippen molar-refractivity contribution >= 4 is 65.7 Å². The molecule has 1 aliphatic rings. The molecule has 13 rings (SSSR count). The first-order valence-electron chi connectivity index (χ1n) is 21.4. The highest BCUT2D eigenvalue weighted by molar-refractivity contribution is 6.19. The lowest BCUT2D eigenvalue weighted by atomic mass is 9.82. The summed E-state index contributed by atoms with van der Waals surface area (Å²) in [6.07, 6.45) is 2.84. The molecule has 0 bridgehead atoms. The lowest BCUT2D eigenvalue weighted by Gasteiger charge is -2.21. The van der Waals surface area contributed by atoms with E-state index < -0.39 is 0 Å². The second kappa shape index (κ2) is 13.5. The van der Waals surface area contributed by atoms with Gasteiger partial charge < -0.3 is 13.4 Å². The fraction of sp³-hybridized carbons (Fsp3) is 0.0690. The molecule has 1 atom stereocenters. The molecule has 1 aliphatic carbocycles. The van der Waals surface area contributed by atoms with Crippen molar-refractivity contribution in [1.29, 1.82) is 0 Å². The predicted octanol–water partition coefficient (Wildman–Crippen LogP) is 15.9. The van der Waals surface area contributed by atoms with Crippen LogP contribution in [-0.2, 0) is 12.8 Å². The quantitative estimate of drug-likeness (QED) is 0.174. The summed E-state index contributed by atoms with van der Waals surface area (Å²) in [6, 6.07) is 70.6. The van der Waals surface area contributed by atoms with Gasteiger partial charge in [0.1, 0.15) is 22.3 Å². The summed E-state index contributed by atoms with van der Waals surface area (Å²) in [5.74, 6) is 0.240. The fourth-order valence-corrected chi connectivity index (χ4v) is 10.6. The summed E-state index contributed by atoms with van der Waals surface area (Å²) >= 11 is 0. The van der Waals surface area contributed by atoms with Crippen LogP contribution < -0.4 is 0 Å². The Bertz CT molecular complexity index is 3690. The third-order valence-electron chi connectivity index (χ3n) is 13.3. The van der Waals surface area contributed by atoms with Crippen molar-refractivity contribution in [3.8, 4) is 39.1 Å². The zero-order chi connectivity index (χ0) is 40.0.